The highest BCUT2D eigenvalue weighted by Crippen LogP contribution is 2.44. The lowest BCUT2D eigenvalue weighted by Gasteiger charge is -2.37. The number of hydrogen-bond acceptors (Lipinski definition) is 6. The maximum Gasteiger partial charge on any atom is 0.407 e. The Morgan fingerprint density at radius 2 is 1.74 bits per heavy atom. The number of fused-ring (bicyclic) bond motifs is 3. The maximum atomic E-state index is 13.1. The van der Waals surface area contributed by atoms with E-state index in [9.17, 15) is 24.6 Å². The Hall–Kier alpha value is -3.43. The van der Waals surface area contributed by atoms with Gasteiger partial charge in [-0.05, 0) is 28.7 Å². The van der Waals surface area contributed by atoms with Gasteiger partial charge in [-0.15, -0.1) is 0 Å². The number of aliphatic hydroxyl groups excluding tert-OH is 1. The number of nitrogens with zero attached hydrogens (tertiary/aromatic N) is 1. The molecule has 180 valence electrons. The number of amides is 2. The largest absolute Gasteiger partial charge is 0.481 e. The molecular weight excluding hydrogens is 440 g/mol. The molecule has 2 unspecified atom stereocenters. The first-order valence-electron chi connectivity index (χ1n) is 11.3. The van der Waals surface area contributed by atoms with Crippen molar-refractivity contribution in [1.82, 2.24) is 10.2 Å². The summed E-state index contributed by atoms with van der Waals surface area (Å²) in [6.07, 6.45) is -1.13. The summed E-state index contributed by atoms with van der Waals surface area (Å²) >= 11 is 0. The number of nitrogens with one attached hydrogen (secondary N) is 1. The second-order valence-corrected chi connectivity index (χ2v) is 8.39. The lowest BCUT2D eigenvalue weighted by atomic mass is 9.98. The summed E-state index contributed by atoms with van der Waals surface area (Å²) in [5.74, 6) is -1.90. The number of carbonyl (C=O) groups is 3. The van der Waals surface area contributed by atoms with Gasteiger partial charge >= 0.3 is 12.1 Å². The van der Waals surface area contributed by atoms with Gasteiger partial charge in [0.1, 0.15) is 12.6 Å². The van der Waals surface area contributed by atoms with Crippen molar-refractivity contribution in [1.29, 1.82) is 0 Å². The van der Waals surface area contributed by atoms with Gasteiger partial charge in [-0.1, -0.05) is 48.5 Å². The molecule has 0 spiro atoms. The molecule has 1 saturated heterocycles. The molecule has 4 rings (SSSR count). The van der Waals surface area contributed by atoms with Gasteiger partial charge in [0, 0.05) is 19.1 Å². The van der Waals surface area contributed by atoms with E-state index in [1.807, 2.05) is 48.5 Å². The van der Waals surface area contributed by atoms with Crippen LogP contribution in [0.25, 0.3) is 11.1 Å². The van der Waals surface area contributed by atoms with Gasteiger partial charge in [-0.25, -0.2) is 4.79 Å². The molecule has 1 aliphatic heterocycles. The van der Waals surface area contributed by atoms with Crippen LogP contribution >= 0.6 is 0 Å². The first-order chi connectivity index (χ1) is 16.5. The number of morpholine rings is 1. The Kier molecular flexibility index (Phi) is 7.44. The minimum Gasteiger partial charge on any atom is -0.481 e. The number of aliphatic hydroxyl groups is 1. The minimum absolute atomic E-state index is 0.0541. The summed E-state index contributed by atoms with van der Waals surface area (Å²) in [7, 11) is 0. The Morgan fingerprint density at radius 1 is 1.09 bits per heavy atom. The van der Waals surface area contributed by atoms with E-state index >= 15 is 0 Å². The van der Waals surface area contributed by atoms with E-state index in [1.54, 1.807) is 0 Å². The fourth-order valence-electron chi connectivity index (χ4n) is 4.69. The molecule has 2 atom stereocenters. The number of alkyl carbamates (subject to hydrolysis) is 1. The zero-order valence-electron chi connectivity index (χ0n) is 18.7. The topological polar surface area (TPSA) is 125 Å². The fraction of sp³-hybridized carbons (Fsp3) is 0.400. The molecule has 1 fully saturated rings. The lowest BCUT2D eigenvalue weighted by molar-refractivity contribution is -0.147. The van der Waals surface area contributed by atoms with Crippen molar-refractivity contribution in [3.05, 3.63) is 59.7 Å². The number of ether oxygens (including phenoxy) is 2. The van der Waals surface area contributed by atoms with Crippen LogP contribution in [0.2, 0.25) is 0 Å². The van der Waals surface area contributed by atoms with Crippen LogP contribution < -0.4 is 5.32 Å². The Labute approximate surface area is 197 Å². The van der Waals surface area contributed by atoms with Crippen LogP contribution in [0.3, 0.4) is 0 Å². The standard InChI is InChI=1S/C25H28N2O7/c28-11-9-16-14-33-12-10-27(16)24(31)22(13-23(29)30)26-25(32)34-15-21-19-7-3-1-5-17(19)18-6-2-4-8-20(18)21/h1-8,16,21-22,28H,9-15H2,(H,26,32)(H,29,30). The Morgan fingerprint density at radius 3 is 2.35 bits per heavy atom. The molecule has 0 radical (unpaired) electrons. The molecule has 1 heterocycles. The van der Waals surface area contributed by atoms with E-state index in [2.05, 4.69) is 5.32 Å². The third kappa shape index (κ3) is 5.05. The molecule has 3 N–H and O–H groups in total. The Balaban J connectivity index is 1.44. The third-order valence-electron chi connectivity index (χ3n) is 6.29. The van der Waals surface area contributed by atoms with E-state index in [1.165, 1.54) is 4.90 Å². The van der Waals surface area contributed by atoms with Crippen LogP contribution in [0.4, 0.5) is 4.79 Å². The predicted octanol–water partition coefficient (Wildman–Crippen LogP) is 1.98. The van der Waals surface area contributed by atoms with E-state index in [0.29, 0.717) is 13.0 Å². The average Bonchev–Trinajstić information content (AvgIpc) is 3.16. The first kappa shape index (κ1) is 23.7. The number of benzene rings is 2. The average molecular weight is 469 g/mol. The predicted molar refractivity (Wildman–Crippen MR) is 122 cm³/mol. The van der Waals surface area contributed by atoms with Crippen molar-refractivity contribution < 1.29 is 34.1 Å². The highest BCUT2D eigenvalue weighted by atomic mass is 16.5. The van der Waals surface area contributed by atoms with Crippen LogP contribution in [0, 0.1) is 0 Å². The molecule has 0 saturated carbocycles. The van der Waals surface area contributed by atoms with Gasteiger partial charge in [0.05, 0.1) is 25.7 Å². The second-order valence-electron chi connectivity index (χ2n) is 8.39. The van der Waals surface area contributed by atoms with E-state index in [-0.39, 0.29) is 38.3 Å². The van der Waals surface area contributed by atoms with Crippen molar-refractivity contribution in [3.63, 3.8) is 0 Å². The van der Waals surface area contributed by atoms with Crippen molar-refractivity contribution >= 4 is 18.0 Å². The van der Waals surface area contributed by atoms with Gasteiger partial charge in [-0.3, -0.25) is 9.59 Å². The summed E-state index contributed by atoms with van der Waals surface area (Å²) < 4.78 is 10.9. The summed E-state index contributed by atoms with van der Waals surface area (Å²) in [4.78, 5) is 38.6. The van der Waals surface area contributed by atoms with Crippen molar-refractivity contribution in [3.8, 4) is 11.1 Å². The van der Waals surface area contributed by atoms with E-state index in [4.69, 9.17) is 9.47 Å². The van der Waals surface area contributed by atoms with Crippen molar-refractivity contribution in [2.45, 2.75) is 30.8 Å². The Bertz CT molecular complexity index is 1010. The van der Waals surface area contributed by atoms with Gasteiger partial charge in [0.2, 0.25) is 5.91 Å². The third-order valence-corrected chi connectivity index (χ3v) is 6.29. The van der Waals surface area contributed by atoms with Crippen molar-refractivity contribution in [2.75, 3.05) is 33.0 Å². The number of hydrogen-bond donors (Lipinski definition) is 3. The molecular formula is C25H28N2O7. The van der Waals surface area contributed by atoms with Crippen LogP contribution in [0.5, 0.6) is 0 Å². The molecule has 0 bridgehead atoms. The van der Waals surface area contributed by atoms with E-state index in [0.717, 1.165) is 22.3 Å². The van der Waals surface area contributed by atoms with Gasteiger partial charge in [0.15, 0.2) is 0 Å². The molecule has 2 amide bonds. The molecule has 0 aromatic heterocycles. The highest BCUT2D eigenvalue weighted by Gasteiger charge is 2.35. The van der Waals surface area contributed by atoms with Crippen LogP contribution in [-0.2, 0) is 19.1 Å². The normalized spacial score (nSPS) is 18.0. The molecule has 2 aliphatic rings. The number of aliphatic carboxylic acids is 1. The zero-order valence-corrected chi connectivity index (χ0v) is 18.7. The molecule has 2 aromatic carbocycles. The maximum absolute atomic E-state index is 13.1. The number of rotatable bonds is 8. The number of carboxylic acids is 1. The lowest BCUT2D eigenvalue weighted by Crippen LogP contribution is -2.56. The highest BCUT2D eigenvalue weighted by molar-refractivity contribution is 5.89. The van der Waals surface area contributed by atoms with E-state index < -0.39 is 30.4 Å². The van der Waals surface area contributed by atoms with Gasteiger partial charge < -0.3 is 29.9 Å². The molecule has 9 heteroatoms. The molecule has 1 aliphatic carbocycles. The van der Waals surface area contributed by atoms with Crippen LogP contribution in [0.15, 0.2) is 48.5 Å². The number of carboxylic acid groups (broad SMARTS) is 1. The molecule has 2 aromatic rings. The summed E-state index contributed by atoms with van der Waals surface area (Å²) in [5.41, 5.74) is 4.28. The zero-order chi connectivity index (χ0) is 24.1. The fourth-order valence-corrected chi connectivity index (χ4v) is 4.69. The SMILES string of the molecule is O=C(O)CC(NC(=O)OCC1c2ccccc2-c2ccccc21)C(=O)N1CCOCC1CCO. The second kappa shape index (κ2) is 10.7. The van der Waals surface area contributed by atoms with Crippen LogP contribution in [-0.4, -0.2) is 78.1 Å². The quantitative estimate of drug-likeness (QED) is 0.541. The molecule has 34 heavy (non-hydrogen) atoms. The van der Waals surface area contributed by atoms with Gasteiger partial charge in [0.25, 0.3) is 0 Å². The first-order valence-corrected chi connectivity index (χ1v) is 11.3. The minimum atomic E-state index is -1.28. The van der Waals surface area contributed by atoms with Crippen molar-refractivity contribution in [2.24, 2.45) is 0 Å². The summed E-state index contributed by atoms with van der Waals surface area (Å²) in [6, 6.07) is 14.2. The molecule has 9 nitrogen and oxygen atoms in total. The summed E-state index contributed by atoms with van der Waals surface area (Å²) in [5, 5.41) is 21.0. The van der Waals surface area contributed by atoms with Gasteiger partial charge in [-0.2, -0.15) is 0 Å². The monoisotopic (exact) mass is 468 g/mol. The number of carbonyl (C=O) groups excluding carboxylic acids is 2. The van der Waals surface area contributed by atoms with Crippen LogP contribution in [0.1, 0.15) is 29.9 Å². The summed E-state index contributed by atoms with van der Waals surface area (Å²) in [6.45, 7) is 0.723. The smallest absolute Gasteiger partial charge is 0.407 e.